The number of fused-ring (bicyclic) bond motifs is 1. The number of nitrogens with one attached hydrogen (secondary N) is 2. The summed E-state index contributed by atoms with van der Waals surface area (Å²) in [5.41, 5.74) is 0.972. The molecule has 2 aromatic carbocycles. The highest BCUT2D eigenvalue weighted by Gasteiger charge is 2.41. The predicted molar refractivity (Wildman–Crippen MR) is 113 cm³/mol. The lowest BCUT2D eigenvalue weighted by molar-refractivity contribution is -0.123. The highest BCUT2D eigenvalue weighted by Crippen LogP contribution is 2.31. The third-order valence-corrected chi connectivity index (χ3v) is 5.68. The van der Waals surface area contributed by atoms with Gasteiger partial charge in [0.25, 0.3) is 5.91 Å². The molecule has 0 saturated carbocycles. The topological polar surface area (TPSA) is 79.9 Å². The van der Waals surface area contributed by atoms with Crippen LogP contribution in [0.1, 0.15) is 28.8 Å². The SMILES string of the molecule is COc1ccccc1CNC(=O)CN1CCCC2(CNC(=O)c3ccccc3O2)C1. The summed E-state index contributed by atoms with van der Waals surface area (Å²) in [6.45, 7) is 2.55. The van der Waals surface area contributed by atoms with Gasteiger partial charge in [0.15, 0.2) is 0 Å². The monoisotopic (exact) mass is 409 g/mol. The summed E-state index contributed by atoms with van der Waals surface area (Å²) in [6.07, 6.45) is 1.73. The van der Waals surface area contributed by atoms with Gasteiger partial charge in [-0.15, -0.1) is 0 Å². The average molecular weight is 409 g/mol. The van der Waals surface area contributed by atoms with Gasteiger partial charge >= 0.3 is 0 Å². The molecular weight excluding hydrogens is 382 g/mol. The fraction of sp³-hybridized carbons (Fsp3) is 0.391. The standard InChI is InChI=1S/C23H27N3O4/c1-29-19-9-4-2-7-17(19)13-24-21(27)14-26-12-6-11-23(16-26)15-25-22(28)18-8-3-5-10-20(18)30-23/h2-5,7-10H,6,11-16H2,1H3,(H,24,27)(H,25,28). The van der Waals surface area contributed by atoms with Crippen molar-refractivity contribution in [1.29, 1.82) is 0 Å². The maximum absolute atomic E-state index is 12.6. The van der Waals surface area contributed by atoms with Gasteiger partial charge in [-0.1, -0.05) is 30.3 Å². The van der Waals surface area contributed by atoms with Gasteiger partial charge in [-0.3, -0.25) is 14.5 Å². The summed E-state index contributed by atoms with van der Waals surface area (Å²) >= 11 is 0. The molecule has 2 N–H and O–H groups in total. The van der Waals surface area contributed by atoms with E-state index in [2.05, 4.69) is 15.5 Å². The molecule has 1 spiro atoms. The highest BCUT2D eigenvalue weighted by molar-refractivity contribution is 5.97. The number of amides is 2. The van der Waals surface area contributed by atoms with Crippen LogP contribution in [0.4, 0.5) is 0 Å². The van der Waals surface area contributed by atoms with E-state index in [1.807, 2.05) is 42.5 Å². The third kappa shape index (κ3) is 4.41. The van der Waals surface area contributed by atoms with Gasteiger partial charge in [-0.2, -0.15) is 0 Å². The van der Waals surface area contributed by atoms with Crippen LogP contribution in [-0.4, -0.2) is 55.6 Å². The van der Waals surface area contributed by atoms with Crippen LogP contribution < -0.4 is 20.1 Å². The van der Waals surface area contributed by atoms with Crippen LogP contribution >= 0.6 is 0 Å². The molecule has 0 bridgehead atoms. The molecule has 0 aromatic heterocycles. The molecule has 2 aromatic rings. The molecular formula is C23H27N3O4. The number of carbonyl (C=O) groups is 2. The predicted octanol–water partition coefficient (Wildman–Crippen LogP) is 1.97. The van der Waals surface area contributed by atoms with E-state index in [4.69, 9.17) is 9.47 Å². The number of hydrogen-bond donors (Lipinski definition) is 2. The van der Waals surface area contributed by atoms with E-state index in [0.717, 1.165) is 30.7 Å². The summed E-state index contributed by atoms with van der Waals surface area (Å²) in [7, 11) is 1.62. The second-order valence-electron chi connectivity index (χ2n) is 7.87. The highest BCUT2D eigenvalue weighted by atomic mass is 16.5. The Hall–Kier alpha value is -3.06. The molecule has 2 amide bonds. The number of methoxy groups -OCH3 is 1. The fourth-order valence-electron chi connectivity index (χ4n) is 4.20. The number of para-hydroxylation sites is 2. The van der Waals surface area contributed by atoms with E-state index in [1.165, 1.54) is 0 Å². The quantitative estimate of drug-likeness (QED) is 0.789. The summed E-state index contributed by atoms with van der Waals surface area (Å²) in [5.74, 6) is 1.20. The largest absolute Gasteiger partial charge is 0.496 e. The first kappa shape index (κ1) is 20.2. The van der Waals surface area contributed by atoms with Crippen LogP contribution in [0.2, 0.25) is 0 Å². The number of carbonyl (C=O) groups excluding carboxylic acids is 2. The third-order valence-electron chi connectivity index (χ3n) is 5.68. The number of benzene rings is 2. The van der Waals surface area contributed by atoms with E-state index >= 15 is 0 Å². The fourth-order valence-corrected chi connectivity index (χ4v) is 4.20. The normalized spacial score (nSPS) is 21.2. The molecule has 1 saturated heterocycles. The van der Waals surface area contributed by atoms with Crippen LogP contribution in [0.5, 0.6) is 11.5 Å². The van der Waals surface area contributed by atoms with Gasteiger partial charge in [0.1, 0.15) is 17.1 Å². The summed E-state index contributed by atoms with van der Waals surface area (Å²) in [6, 6.07) is 15.0. The van der Waals surface area contributed by atoms with Crippen LogP contribution in [0.3, 0.4) is 0 Å². The summed E-state index contributed by atoms with van der Waals surface area (Å²) < 4.78 is 11.7. The van der Waals surface area contributed by atoms with Crippen molar-refractivity contribution in [3.63, 3.8) is 0 Å². The number of rotatable bonds is 5. The van der Waals surface area contributed by atoms with Crippen molar-refractivity contribution >= 4 is 11.8 Å². The first-order chi connectivity index (χ1) is 14.6. The second-order valence-corrected chi connectivity index (χ2v) is 7.87. The van der Waals surface area contributed by atoms with Gasteiger partial charge in [0.05, 0.1) is 25.8 Å². The molecule has 158 valence electrons. The minimum atomic E-state index is -0.524. The molecule has 7 heteroatoms. The first-order valence-corrected chi connectivity index (χ1v) is 10.3. The Morgan fingerprint density at radius 1 is 1.23 bits per heavy atom. The number of hydrogen-bond acceptors (Lipinski definition) is 5. The van der Waals surface area contributed by atoms with Gasteiger partial charge < -0.3 is 20.1 Å². The lowest BCUT2D eigenvalue weighted by Crippen LogP contribution is -2.57. The van der Waals surface area contributed by atoms with Crippen molar-refractivity contribution in [2.75, 3.05) is 33.3 Å². The summed E-state index contributed by atoms with van der Waals surface area (Å²) in [4.78, 5) is 27.1. The van der Waals surface area contributed by atoms with Crippen LogP contribution in [0.15, 0.2) is 48.5 Å². The zero-order valence-corrected chi connectivity index (χ0v) is 17.1. The minimum Gasteiger partial charge on any atom is -0.496 e. The van der Waals surface area contributed by atoms with Gasteiger partial charge in [-0.25, -0.2) is 0 Å². The number of piperidine rings is 1. The smallest absolute Gasteiger partial charge is 0.255 e. The zero-order valence-electron chi connectivity index (χ0n) is 17.1. The minimum absolute atomic E-state index is 0.0454. The molecule has 7 nitrogen and oxygen atoms in total. The molecule has 1 atom stereocenters. The molecule has 0 aliphatic carbocycles. The van der Waals surface area contributed by atoms with E-state index in [9.17, 15) is 9.59 Å². The molecule has 1 fully saturated rings. The number of ether oxygens (including phenoxy) is 2. The Balaban J connectivity index is 1.38. The van der Waals surface area contributed by atoms with E-state index < -0.39 is 5.60 Å². The molecule has 2 aliphatic heterocycles. The van der Waals surface area contributed by atoms with Gasteiger partial charge in [0.2, 0.25) is 5.91 Å². The maximum atomic E-state index is 12.6. The molecule has 0 radical (unpaired) electrons. The second kappa shape index (κ2) is 8.75. The maximum Gasteiger partial charge on any atom is 0.255 e. The molecule has 2 heterocycles. The van der Waals surface area contributed by atoms with Crippen molar-refractivity contribution in [2.45, 2.75) is 25.0 Å². The number of likely N-dealkylation sites (tertiary alicyclic amines) is 1. The van der Waals surface area contributed by atoms with E-state index in [0.29, 0.717) is 30.9 Å². The van der Waals surface area contributed by atoms with Crippen molar-refractivity contribution < 1.29 is 19.1 Å². The molecule has 30 heavy (non-hydrogen) atoms. The molecule has 1 unspecified atom stereocenters. The molecule has 2 aliphatic rings. The van der Waals surface area contributed by atoms with Crippen molar-refractivity contribution in [1.82, 2.24) is 15.5 Å². The first-order valence-electron chi connectivity index (χ1n) is 10.3. The van der Waals surface area contributed by atoms with Crippen LogP contribution in [0, 0.1) is 0 Å². The Morgan fingerprint density at radius 2 is 2.03 bits per heavy atom. The van der Waals surface area contributed by atoms with E-state index in [-0.39, 0.29) is 18.4 Å². The van der Waals surface area contributed by atoms with Crippen LogP contribution in [-0.2, 0) is 11.3 Å². The molecule has 4 rings (SSSR count). The van der Waals surface area contributed by atoms with E-state index in [1.54, 1.807) is 13.2 Å². The summed E-state index contributed by atoms with van der Waals surface area (Å²) in [5, 5.41) is 5.97. The van der Waals surface area contributed by atoms with Crippen LogP contribution in [0.25, 0.3) is 0 Å². The van der Waals surface area contributed by atoms with Gasteiger partial charge in [-0.05, 0) is 37.6 Å². The lowest BCUT2D eigenvalue weighted by Gasteiger charge is -2.41. The van der Waals surface area contributed by atoms with Crippen molar-refractivity contribution in [2.24, 2.45) is 0 Å². The Morgan fingerprint density at radius 3 is 2.90 bits per heavy atom. The lowest BCUT2D eigenvalue weighted by atomic mass is 9.92. The van der Waals surface area contributed by atoms with Crippen molar-refractivity contribution in [3.8, 4) is 11.5 Å². The number of nitrogens with zero attached hydrogens (tertiary/aromatic N) is 1. The Labute approximate surface area is 176 Å². The van der Waals surface area contributed by atoms with Gasteiger partial charge in [0, 0.05) is 18.7 Å². The Bertz CT molecular complexity index is 932. The van der Waals surface area contributed by atoms with Crippen molar-refractivity contribution in [3.05, 3.63) is 59.7 Å². The zero-order chi connectivity index (χ0) is 21.0. The average Bonchev–Trinajstić information content (AvgIpc) is 2.89. The Kier molecular flexibility index (Phi) is 5.90.